The molecule has 2 aliphatic carbocycles. The summed E-state index contributed by atoms with van der Waals surface area (Å²) < 4.78 is 0. The number of carboxylic acids is 1. The van der Waals surface area contributed by atoms with Gasteiger partial charge in [-0.05, 0) is 31.1 Å². The third-order valence-corrected chi connectivity index (χ3v) is 3.78. The highest BCUT2D eigenvalue weighted by Gasteiger charge is 2.53. The number of carbonyl (C=O) groups excluding carboxylic acids is 1. The molecule has 0 spiro atoms. The van der Waals surface area contributed by atoms with Crippen LogP contribution in [0.25, 0.3) is 0 Å². The fourth-order valence-corrected chi connectivity index (χ4v) is 3.37. The second kappa shape index (κ2) is 3.01. The molecule has 2 rings (SSSR count). The van der Waals surface area contributed by atoms with Gasteiger partial charge in [0.2, 0.25) is 0 Å². The van der Waals surface area contributed by atoms with Crippen molar-refractivity contribution in [2.75, 3.05) is 0 Å². The van der Waals surface area contributed by atoms with E-state index in [0.717, 1.165) is 19.3 Å². The van der Waals surface area contributed by atoms with Crippen LogP contribution in [0.3, 0.4) is 0 Å². The van der Waals surface area contributed by atoms with Crippen molar-refractivity contribution >= 4 is 23.7 Å². The van der Waals surface area contributed by atoms with Crippen LogP contribution in [0, 0.1) is 23.7 Å². The Bertz CT molecular complexity index is 238. The number of carbonyl (C=O) groups is 2. The lowest BCUT2D eigenvalue weighted by atomic mass is 9.80. The number of rotatable bonds is 2. The number of carboxylic acid groups (broad SMARTS) is 1. The van der Waals surface area contributed by atoms with E-state index in [-0.39, 0.29) is 22.9 Å². The fraction of sp³-hybridized carbons (Fsp3) is 0.778. The maximum absolute atomic E-state index is 11.2. The van der Waals surface area contributed by atoms with Crippen LogP contribution in [0.4, 0.5) is 0 Å². The minimum absolute atomic E-state index is 0.226. The molecule has 0 aromatic rings. The summed E-state index contributed by atoms with van der Waals surface area (Å²) in [5.41, 5.74) is 0. The highest BCUT2D eigenvalue weighted by molar-refractivity contribution is 7.96. The molecule has 0 amide bonds. The van der Waals surface area contributed by atoms with Crippen LogP contribution in [-0.2, 0) is 9.59 Å². The van der Waals surface area contributed by atoms with Gasteiger partial charge in [0.05, 0.1) is 5.92 Å². The lowest BCUT2D eigenvalue weighted by molar-refractivity contribution is -0.147. The molecule has 2 fully saturated rings. The minimum atomic E-state index is -0.820. The Labute approximate surface area is 81.9 Å². The van der Waals surface area contributed by atoms with Crippen LogP contribution in [0.2, 0.25) is 0 Å². The summed E-state index contributed by atoms with van der Waals surface area (Å²) in [5.74, 6) is -1.08. The van der Waals surface area contributed by atoms with Crippen molar-refractivity contribution in [3.8, 4) is 0 Å². The number of fused-ring (bicyclic) bond motifs is 2. The third kappa shape index (κ3) is 1.27. The molecule has 0 aliphatic heterocycles. The lowest BCUT2D eigenvalue weighted by Crippen LogP contribution is -2.32. The molecule has 0 heterocycles. The van der Waals surface area contributed by atoms with Gasteiger partial charge in [-0.2, -0.15) is 0 Å². The first kappa shape index (κ1) is 9.06. The average Bonchev–Trinajstić information content (AvgIpc) is 2.60. The molecule has 0 aromatic heterocycles. The second-order valence-electron chi connectivity index (χ2n) is 4.06. The zero-order valence-corrected chi connectivity index (χ0v) is 8.04. The average molecular weight is 200 g/mol. The van der Waals surface area contributed by atoms with Crippen molar-refractivity contribution < 1.29 is 14.7 Å². The molecule has 2 bridgehead atoms. The Balaban J connectivity index is 2.24. The van der Waals surface area contributed by atoms with Crippen LogP contribution < -0.4 is 0 Å². The van der Waals surface area contributed by atoms with Gasteiger partial charge in [-0.3, -0.25) is 9.59 Å². The molecule has 0 aromatic carbocycles. The molecule has 2 saturated carbocycles. The molecular formula is C9H12O3S. The van der Waals surface area contributed by atoms with Crippen LogP contribution in [0.1, 0.15) is 19.3 Å². The Kier molecular flexibility index (Phi) is 2.10. The second-order valence-corrected chi connectivity index (χ2v) is 4.50. The van der Waals surface area contributed by atoms with Gasteiger partial charge < -0.3 is 5.11 Å². The molecule has 0 saturated heterocycles. The van der Waals surface area contributed by atoms with E-state index in [1.165, 1.54) is 0 Å². The molecule has 0 radical (unpaired) electrons. The Hall–Kier alpha value is -0.510. The van der Waals surface area contributed by atoms with Gasteiger partial charge in [-0.1, -0.05) is 0 Å². The summed E-state index contributed by atoms with van der Waals surface area (Å²) in [4.78, 5) is 22.1. The van der Waals surface area contributed by atoms with E-state index in [9.17, 15) is 9.59 Å². The van der Waals surface area contributed by atoms with Gasteiger partial charge in [0.1, 0.15) is 0 Å². The van der Waals surface area contributed by atoms with Gasteiger partial charge in [0.25, 0.3) is 0 Å². The molecule has 4 atom stereocenters. The number of thiol groups is 1. The normalized spacial score (nSPS) is 42.2. The summed E-state index contributed by atoms with van der Waals surface area (Å²) in [6.45, 7) is 0. The highest BCUT2D eigenvalue weighted by atomic mass is 32.1. The number of hydrogen-bond acceptors (Lipinski definition) is 2. The predicted molar refractivity (Wildman–Crippen MR) is 49.4 cm³/mol. The van der Waals surface area contributed by atoms with Crippen molar-refractivity contribution in [3.05, 3.63) is 0 Å². The predicted octanol–water partition coefficient (Wildman–Crippen LogP) is 1.19. The first-order chi connectivity index (χ1) is 6.11. The topological polar surface area (TPSA) is 54.4 Å². The fourth-order valence-electron chi connectivity index (χ4n) is 3.00. The summed E-state index contributed by atoms with van der Waals surface area (Å²) >= 11 is 3.78. The summed E-state index contributed by atoms with van der Waals surface area (Å²) in [6.07, 6.45) is 2.89. The largest absolute Gasteiger partial charge is 0.481 e. The molecule has 3 nitrogen and oxygen atoms in total. The summed E-state index contributed by atoms with van der Waals surface area (Å²) in [6, 6.07) is 0. The SMILES string of the molecule is O=C(O)[C@@H]1[C@H]2CC[C@@H](C2)[C@H]1C(=O)S. The molecule has 4 heteroatoms. The van der Waals surface area contributed by atoms with E-state index in [2.05, 4.69) is 12.6 Å². The molecular weight excluding hydrogens is 188 g/mol. The number of hydrogen-bond donors (Lipinski definition) is 2. The Morgan fingerprint density at radius 1 is 1.15 bits per heavy atom. The van der Waals surface area contributed by atoms with Gasteiger partial charge in [0.15, 0.2) is 5.12 Å². The Morgan fingerprint density at radius 2 is 1.69 bits per heavy atom. The monoisotopic (exact) mass is 200 g/mol. The van der Waals surface area contributed by atoms with Crippen LogP contribution in [0.15, 0.2) is 0 Å². The van der Waals surface area contributed by atoms with Crippen LogP contribution in [0.5, 0.6) is 0 Å². The van der Waals surface area contributed by atoms with Gasteiger partial charge in [0, 0.05) is 5.92 Å². The van der Waals surface area contributed by atoms with Crippen molar-refractivity contribution in [2.45, 2.75) is 19.3 Å². The van der Waals surface area contributed by atoms with E-state index in [1.54, 1.807) is 0 Å². The first-order valence-corrected chi connectivity index (χ1v) is 5.01. The maximum Gasteiger partial charge on any atom is 0.307 e. The molecule has 2 aliphatic rings. The van der Waals surface area contributed by atoms with E-state index in [1.807, 2.05) is 0 Å². The van der Waals surface area contributed by atoms with E-state index >= 15 is 0 Å². The maximum atomic E-state index is 11.2. The summed E-state index contributed by atoms with van der Waals surface area (Å²) in [7, 11) is 0. The van der Waals surface area contributed by atoms with E-state index in [0.29, 0.717) is 0 Å². The highest BCUT2D eigenvalue weighted by Crippen LogP contribution is 2.52. The van der Waals surface area contributed by atoms with Crippen molar-refractivity contribution in [2.24, 2.45) is 23.7 Å². The third-order valence-electron chi connectivity index (χ3n) is 3.49. The zero-order valence-electron chi connectivity index (χ0n) is 7.14. The molecule has 13 heavy (non-hydrogen) atoms. The van der Waals surface area contributed by atoms with Crippen molar-refractivity contribution in [1.82, 2.24) is 0 Å². The molecule has 72 valence electrons. The quantitative estimate of drug-likeness (QED) is 0.658. The van der Waals surface area contributed by atoms with Crippen molar-refractivity contribution in [3.63, 3.8) is 0 Å². The van der Waals surface area contributed by atoms with E-state index < -0.39 is 11.9 Å². The van der Waals surface area contributed by atoms with Crippen molar-refractivity contribution in [1.29, 1.82) is 0 Å². The standard InChI is InChI=1S/C9H12O3S/c10-8(11)6-4-1-2-5(3-4)7(6)9(12)13/h4-7H,1-3H2,(H,10,11)(H,12,13)/t4-,5-,6+,7+/m0/s1. The Morgan fingerprint density at radius 3 is 2.08 bits per heavy atom. The van der Waals surface area contributed by atoms with Gasteiger partial charge >= 0.3 is 5.97 Å². The summed E-state index contributed by atoms with van der Waals surface area (Å²) in [5, 5.41) is 8.73. The first-order valence-electron chi connectivity index (χ1n) is 4.57. The van der Waals surface area contributed by atoms with Gasteiger partial charge in [-0.15, -0.1) is 12.6 Å². The smallest absolute Gasteiger partial charge is 0.307 e. The molecule has 0 unspecified atom stereocenters. The molecule has 1 N–H and O–H groups in total. The van der Waals surface area contributed by atoms with Crippen LogP contribution in [-0.4, -0.2) is 16.2 Å². The number of aliphatic carboxylic acids is 1. The lowest BCUT2D eigenvalue weighted by Gasteiger charge is -2.24. The van der Waals surface area contributed by atoms with E-state index in [4.69, 9.17) is 5.11 Å². The van der Waals surface area contributed by atoms with Crippen LogP contribution >= 0.6 is 12.6 Å². The minimum Gasteiger partial charge on any atom is -0.481 e. The zero-order chi connectivity index (χ0) is 9.59. The van der Waals surface area contributed by atoms with Gasteiger partial charge in [-0.25, -0.2) is 0 Å².